The number of carbonyl (C=O) groups excluding carboxylic acids is 2. The highest BCUT2D eigenvalue weighted by atomic mass is 16.6. The Balaban J connectivity index is 1.44. The summed E-state index contributed by atoms with van der Waals surface area (Å²) in [4.78, 5) is 33.4. The number of pyridine rings is 1. The van der Waals surface area contributed by atoms with Crippen molar-refractivity contribution in [2.24, 2.45) is 0 Å². The number of rotatable bonds is 4. The molecule has 0 radical (unpaired) electrons. The number of anilines is 2. The fourth-order valence-corrected chi connectivity index (χ4v) is 3.11. The molecule has 8 nitrogen and oxygen atoms in total. The summed E-state index contributed by atoms with van der Waals surface area (Å²) in [5.41, 5.74) is 2.63. The molecule has 2 amide bonds. The van der Waals surface area contributed by atoms with Gasteiger partial charge >= 0.3 is 6.09 Å². The first kappa shape index (κ1) is 21.0. The molecule has 2 aromatic carbocycles. The van der Waals surface area contributed by atoms with Gasteiger partial charge in [-0.05, 0) is 63.2 Å². The number of imidazole rings is 1. The Morgan fingerprint density at radius 1 is 0.906 bits per heavy atom. The lowest BCUT2D eigenvalue weighted by atomic mass is 10.2. The largest absolute Gasteiger partial charge is 0.444 e. The van der Waals surface area contributed by atoms with Crippen LogP contribution in [0.15, 0.2) is 73.2 Å². The van der Waals surface area contributed by atoms with E-state index in [0.717, 1.165) is 11.0 Å². The molecule has 2 aromatic heterocycles. The van der Waals surface area contributed by atoms with E-state index in [1.54, 1.807) is 63.6 Å². The lowest BCUT2D eigenvalue weighted by Gasteiger charge is -2.19. The number of benzene rings is 2. The van der Waals surface area contributed by atoms with E-state index < -0.39 is 11.7 Å². The topological polar surface area (TPSA) is 98.1 Å². The lowest BCUT2D eigenvalue weighted by Crippen LogP contribution is -2.27. The van der Waals surface area contributed by atoms with E-state index in [9.17, 15) is 9.59 Å². The van der Waals surface area contributed by atoms with E-state index in [-0.39, 0.29) is 5.91 Å². The molecule has 0 spiro atoms. The quantitative estimate of drug-likeness (QED) is 0.475. The Morgan fingerprint density at radius 2 is 1.72 bits per heavy atom. The minimum atomic E-state index is -0.610. The van der Waals surface area contributed by atoms with Gasteiger partial charge in [0.1, 0.15) is 17.7 Å². The Labute approximate surface area is 185 Å². The first-order valence-corrected chi connectivity index (χ1v) is 10.1. The molecule has 0 aliphatic heterocycles. The normalized spacial score (nSPS) is 11.2. The summed E-state index contributed by atoms with van der Waals surface area (Å²) in [6.07, 6.45) is 2.72. The molecule has 0 unspecified atom stereocenters. The van der Waals surface area contributed by atoms with Gasteiger partial charge in [0, 0.05) is 11.3 Å². The van der Waals surface area contributed by atoms with Crippen molar-refractivity contribution >= 4 is 34.4 Å². The maximum absolute atomic E-state index is 12.7. The SMILES string of the molecule is CC(C)(C)OC(=O)Nc1cccc(C(=O)Nc2ccc(-n3cnc4ccccc43)nc2)c1. The average Bonchev–Trinajstić information content (AvgIpc) is 3.17. The summed E-state index contributed by atoms with van der Waals surface area (Å²) in [6, 6.07) is 18.0. The number of aromatic nitrogens is 3. The Kier molecular flexibility index (Phi) is 5.59. The highest BCUT2D eigenvalue weighted by molar-refractivity contribution is 6.05. The second-order valence-electron chi connectivity index (χ2n) is 8.17. The third-order valence-electron chi connectivity index (χ3n) is 4.48. The van der Waals surface area contributed by atoms with Crippen molar-refractivity contribution in [3.8, 4) is 5.82 Å². The molecule has 4 rings (SSSR count). The van der Waals surface area contributed by atoms with E-state index in [1.165, 1.54) is 0 Å². The smallest absolute Gasteiger partial charge is 0.412 e. The van der Waals surface area contributed by atoms with Crippen LogP contribution >= 0.6 is 0 Å². The molecule has 162 valence electrons. The van der Waals surface area contributed by atoms with Crippen molar-refractivity contribution in [3.63, 3.8) is 0 Å². The molecular weight excluding hydrogens is 406 g/mol. The maximum Gasteiger partial charge on any atom is 0.412 e. The number of nitrogens with zero attached hydrogens (tertiary/aromatic N) is 3. The van der Waals surface area contributed by atoms with Crippen LogP contribution in [0.5, 0.6) is 0 Å². The van der Waals surface area contributed by atoms with Gasteiger partial charge < -0.3 is 10.1 Å². The van der Waals surface area contributed by atoms with Crippen LogP contribution in [-0.4, -0.2) is 32.1 Å². The minimum Gasteiger partial charge on any atom is -0.444 e. The van der Waals surface area contributed by atoms with Gasteiger partial charge in [0.25, 0.3) is 5.91 Å². The monoisotopic (exact) mass is 429 g/mol. The Morgan fingerprint density at radius 3 is 2.47 bits per heavy atom. The first-order valence-electron chi connectivity index (χ1n) is 10.1. The number of ether oxygens (including phenoxy) is 1. The number of hydrogen-bond acceptors (Lipinski definition) is 5. The number of hydrogen-bond donors (Lipinski definition) is 2. The molecule has 4 aromatic rings. The summed E-state index contributed by atoms with van der Waals surface area (Å²) in [6.45, 7) is 5.35. The van der Waals surface area contributed by atoms with Crippen LogP contribution in [0.1, 0.15) is 31.1 Å². The van der Waals surface area contributed by atoms with Crippen molar-refractivity contribution in [1.29, 1.82) is 0 Å². The molecule has 0 aliphatic rings. The number of carbonyl (C=O) groups is 2. The molecule has 2 heterocycles. The molecular formula is C24H23N5O3. The number of fused-ring (bicyclic) bond motifs is 1. The van der Waals surface area contributed by atoms with Crippen LogP contribution < -0.4 is 10.6 Å². The van der Waals surface area contributed by atoms with Crippen molar-refractivity contribution in [2.45, 2.75) is 26.4 Å². The lowest BCUT2D eigenvalue weighted by molar-refractivity contribution is 0.0635. The van der Waals surface area contributed by atoms with Crippen LogP contribution in [-0.2, 0) is 4.74 Å². The fourth-order valence-electron chi connectivity index (χ4n) is 3.11. The second-order valence-corrected chi connectivity index (χ2v) is 8.17. The zero-order valence-electron chi connectivity index (χ0n) is 18.0. The highest BCUT2D eigenvalue weighted by Crippen LogP contribution is 2.19. The Hall–Kier alpha value is -4.20. The third-order valence-corrected chi connectivity index (χ3v) is 4.48. The van der Waals surface area contributed by atoms with Gasteiger partial charge in [0.15, 0.2) is 0 Å². The molecule has 0 fully saturated rings. The summed E-state index contributed by atoms with van der Waals surface area (Å²) >= 11 is 0. The van der Waals surface area contributed by atoms with Crippen molar-refractivity contribution < 1.29 is 14.3 Å². The zero-order valence-corrected chi connectivity index (χ0v) is 18.0. The molecule has 0 atom stereocenters. The summed E-state index contributed by atoms with van der Waals surface area (Å²) in [5, 5.41) is 5.45. The highest BCUT2D eigenvalue weighted by Gasteiger charge is 2.17. The van der Waals surface area contributed by atoms with Gasteiger partial charge in [-0.1, -0.05) is 18.2 Å². The van der Waals surface area contributed by atoms with E-state index >= 15 is 0 Å². The number of nitrogens with one attached hydrogen (secondary N) is 2. The molecule has 0 bridgehead atoms. The molecule has 2 N–H and O–H groups in total. The molecule has 0 saturated heterocycles. The standard InChI is InChI=1S/C24H23N5O3/c1-24(2,3)32-23(31)28-17-8-6-7-16(13-17)22(30)27-18-11-12-21(25-14-18)29-15-26-19-9-4-5-10-20(19)29/h4-15H,1-3H3,(H,27,30)(H,28,31). The van der Waals surface area contributed by atoms with Crippen molar-refractivity contribution in [3.05, 3.63) is 78.8 Å². The predicted molar refractivity (Wildman–Crippen MR) is 123 cm³/mol. The van der Waals surface area contributed by atoms with Crippen LogP contribution in [0.3, 0.4) is 0 Å². The number of para-hydroxylation sites is 2. The van der Waals surface area contributed by atoms with E-state index in [2.05, 4.69) is 20.6 Å². The van der Waals surface area contributed by atoms with Crippen LogP contribution in [0.4, 0.5) is 16.2 Å². The van der Waals surface area contributed by atoms with Crippen LogP contribution in [0.25, 0.3) is 16.9 Å². The van der Waals surface area contributed by atoms with E-state index in [4.69, 9.17) is 4.74 Å². The summed E-state index contributed by atoms with van der Waals surface area (Å²) < 4.78 is 7.12. The van der Waals surface area contributed by atoms with Gasteiger partial charge in [-0.25, -0.2) is 14.8 Å². The van der Waals surface area contributed by atoms with Gasteiger partial charge in [0.2, 0.25) is 0 Å². The van der Waals surface area contributed by atoms with Gasteiger partial charge in [-0.2, -0.15) is 0 Å². The van der Waals surface area contributed by atoms with Crippen molar-refractivity contribution in [1.82, 2.24) is 14.5 Å². The molecule has 0 saturated carbocycles. The van der Waals surface area contributed by atoms with Crippen LogP contribution in [0.2, 0.25) is 0 Å². The van der Waals surface area contributed by atoms with E-state index in [0.29, 0.717) is 22.8 Å². The van der Waals surface area contributed by atoms with Crippen LogP contribution in [0, 0.1) is 0 Å². The summed E-state index contributed by atoms with van der Waals surface area (Å²) in [5.74, 6) is 0.376. The molecule has 8 heteroatoms. The van der Waals surface area contributed by atoms with Gasteiger partial charge in [-0.3, -0.25) is 14.7 Å². The van der Waals surface area contributed by atoms with Gasteiger partial charge in [0.05, 0.1) is 22.9 Å². The minimum absolute atomic E-state index is 0.319. The summed E-state index contributed by atoms with van der Waals surface area (Å²) in [7, 11) is 0. The third kappa shape index (κ3) is 4.92. The van der Waals surface area contributed by atoms with E-state index in [1.807, 2.05) is 34.9 Å². The average molecular weight is 429 g/mol. The van der Waals surface area contributed by atoms with Crippen molar-refractivity contribution in [2.75, 3.05) is 10.6 Å². The van der Waals surface area contributed by atoms with Gasteiger partial charge in [-0.15, -0.1) is 0 Å². The zero-order chi connectivity index (χ0) is 22.7. The molecule has 0 aliphatic carbocycles. The second kappa shape index (κ2) is 8.50. The maximum atomic E-state index is 12.7. The molecule has 32 heavy (non-hydrogen) atoms. The predicted octanol–water partition coefficient (Wildman–Crippen LogP) is 5.02. The Bertz CT molecular complexity index is 1270. The first-order chi connectivity index (χ1) is 15.3. The fraction of sp³-hybridized carbons (Fsp3) is 0.167. The number of amides is 2.